The van der Waals surface area contributed by atoms with Gasteiger partial charge in [0.05, 0.1) is 13.2 Å². The Labute approximate surface area is 141 Å². The van der Waals surface area contributed by atoms with Crippen LogP contribution < -0.4 is 5.32 Å². The van der Waals surface area contributed by atoms with Gasteiger partial charge in [0, 0.05) is 0 Å². The fraction of sp³-hybridized carbons (Fsp3) is 0.889. The normalized spacial score (nSPS) is 11.8. The molecule has 1 unspecified atom stereocenters. The summed E-state index contributed by atoms with van der Waals surface area (Å²) in [6.07, 6.45) is 9.84. The molecule has 0 aromatic heterocycles. The summed E-state index contributed by atoms with van der Waals surface area (Å²) in [6.45, 7) is 6.77. The summed E-state index contributed by atoms with van der Waals surface area (Å²) in [5.41, 5.74) is 0. The van der Waals surface area contributed by atoms with E-state index in [0.717, 1.165) is 38.5 Å². The van der Waals surface area contributed by atoms with E-state index in [1.54, 1.807) is 6.92 Å². The lowest BCUT2D eigenvalue weighted by Gasteiger charge is -2.17. The Bertz CT molecular complexity index is 307. The molecule has 5 heteroatoms. The molecule has 1 atom stereocenters. The van der Waals surface area contributed by atoms with Gasteiger partial charge in [-0.3, -0.25) is 0 Å². The maximum absolute atomic E-state index is 12.1. The highest BCUT2D eigenvalue weighted by molar-refractivity contribution is 5.81. The molecule has 1 N–H and O–H groups in total. The number of hydrogen-bond acceptors (Lipinski definition) is 4. The number of nitrogens with one attached hydrogen (secondary N) is 1. The first-order valence-corrected chi connectivity index (χ1v) is 9.25. The number of amides is 1. The highest BCUT2D eigenvalue weighted by atomic mass is 16.6. The number of carbonyl (C=O) groups excluding carboxylic acids is 2. The Balaban J connectivity index is 4.12. The Kier molecular flexibility index (Phi) is 14.8. The summed E-state index contributed by atoms with van der Waals surface area (Å²) >= 11 is 0. The third kappa shape index (κ3) is 12.9. The minimum Gasteiger partial charge on any atom is -0.464 e. The SMILES string of the molecule is CCCCCCCOC(=O)C(CCCCCC)NC(=O)OCC. The molecule has 0 aliphatic carbocycles. The molecule has 0 saturated heterocycles. The number of unbranched alkanes of at least 4 members (excludes halogenated alkanes) is 7. The number of esters is 1. The monoisotopic (exact) mass is 329 g/mol. The molecule has 0 aliphatic rings. The van der Waals surface area contributed by atoms with Gasteiger partial charge in [0.25, 0.3) is 0 Å². The van der Waals surface area contributed by atoms with Crippen LogP contribution in [0.15, 0.2) is 0 Å². The molecule has 0 aromatic rings. The van der Waals surface area contributed by atoms with Crippen molar-refractivity contribution in [2.24, 2.45) is 0 Å². The molecule has 1 amide bonds. The van der Waals surface area contributed by atoms with Gasteiger partial charge < -0.3 is 14.8 Å². The topological polar surface area (TPSA) is 64.6 Å². The maximum atomic E-state index is 12.1. The largest absolute Gasteiger partial charge is 0.464 e. The first-order chi connectivity index (χ1) is 11.2. The van der Waals surface area contributed by atoms with Crippen molar-refractivity contribution in [3.63, 3.8) is 0 Å². The Morgan fingerprint density at radius 3 is 2.04 bits per heavy atom. The second-order valence-corrected chi connectivity index (χ2v) is 5.85. The van der Waals surface area contributed by atoms with Gasteiger partial charge in [0.1, 0.15) is 6.04 Å². The molecular formula is C18H35NO4. The quantitative estimate of drug-likeness (QED) is 0.374. The lowest BCUT2D eigenvalue weighted by molar-refractivity contribution is -0.146. The van der Waals surface area contributed by atoms with E-state index in [2.05, 4.69) is 19.2 Å². The highest BCUT2D eigenvalue weighted by Gasteiger charge is 2.22. The summed E-state index contributed by atoms with van der Waals surface area (Å²) in [7, 11) is 0. The summed E-state index contributed by atoms with van der Waals surface area (Å²) in [4.78, 5) is 23.7. The molecule has 0 aliphatic heterocycles. The molecule has 0 spiro atoms. The van der Waals surface area contributed by atoms with Gasteiger partial charge in [0.15, 0.2) is 0 Å². The molecule has 0 radical (unpaired) electrons. The first kappa shape index (κ1) is 21.7. The van der Waals surface area contributed by atoms with Gasteiger partial charge in [-0.1, -0.05) is 65.2 Å². The van der Waals surface area contributed by atoms with E-state index >= 15 is 0 Å². The first-order valence-electron chi connectivity index (χ1n) is 9.25. The summed E-state index contributed by atoms with van der Waals surface area (Å²) in [5, 5.41) is 2.62. The highest BCUT2D eigenvalue weighted by Crippen LogP contribution is 2.08. The van der Waals surface area contributed by atoms with Gasteiger partial charge in [-0.25, -0.2) is 9.59 Å². The minimum atomic E-state index is -0.596. The van der Waals surface area contributed by atoms with Gasteiger partial charge >= 0.3 is 12.1 Å². The van der Waals surface area contributed by atoms with Crippen molar-refractivity contribution < 1.29 is 19.1 Å². The van der Waals surface area contributed by atoms with Crippen molar-refractivity contribution in [3.8, 4) is 0 Å². The Morgan fingerprint density at radius 1 is 0.826 bits per heavy atom. The van der Waals surface area contributed by atoms with Crippen LogP contribution in [-0.2, 0) is 14.3 Å². The second kappa shape index (κ2) is 15.6. The molecule has 136 valence electrons. The van der Waals surface area contributed by atoms with Crippen LogP contribution in [0.25, 0.3) is 0 Å². The Hall–Kier alpha value is -1.26. The minimum absolute atomic E-state index is 0.293. The van der Waals surface area contributed by atoms with E-state index in [9.17, 15) is 9.59 Å². The van der Waals surface area contributed by atoms with E-state index < -0.39 is 12.1 Å². The van der Waals surface area contributed by atoms with Gasteiger partial charge in [0.2, 0.25) is 0 Å². The van der Waals surface area contributed by atoms with E-state index in [-0.39, 0.29) is 5.97 Å². The standard InChI is InChI=1S/C18H35NO4/c1-4-7-9-11-13-15-23-17(20)16(14-12-10-8-5-2)19-18(21)22-6-3/h16H,4-15H2,1-3H3,(H,19,21). The lowest BCUT2D eigenvalue weighted by atomic mass is 10.1. The number of hydrogen-bond donors (Lipinski definition) is 1. The van der Waals surface area contributed by atoms with Crippen LogP contribution in [0.5, 0.6) is 0 Å². The predicted molar refractivity (Wildman–Crippen MR) is 92.4 cm³/mol. The number of alkyl carbamates (subject to hydrolysis) is 1. The summed E-state index contributed by atoms with van der Waals surface area (Å²) in [6, 6.07) is -0.596. The molecular weight excluding hydrogens is 294 g/mol. The van der Waals surface area contributed by atoms with Crippen LogP contribution in [0.2, 0.25) is 0 Å². The molecule has 0 bridgehead atoms. The third-order valence-electron chi connectivity index (χ3n) is 3.69. The van der Waals surface area contributed by atoms with Crippen molar-refractivity contribution >= 4 is 12.1 Å². The maximum Gasteiger partial charge on any atom is 0.407 e. The smallest absolute Gasteiger partial charge is 0.407 e. The van der Waals surface area contributed by atoms with E-state index in [1.807, 2.05) is 0 Å². The fourth-order valence-electron chi connectivity index (χ4n) is 2.32. The predicted octanol–water partition coefficient (Wildman–Crippen LogP) is 4.59. The van der Waals surface area contributed by atoms with Crippen molar-refractivity contribution in [3.05, 3.63) is 0 Å². The molecule has 0 aromatic carbocycles. The van der Waals surface area contributed by atoms with Crippen molar-refractivity contribution in [2.75, 3.05) is 13.2 Å². The van der Waals surface area contributed by atoms with Crippen LogP contribution in [0.1, 0.15) is 85.0 Å². The van der Waals surface area contributed by atoms with Crippen LogP contribution in [0.3, 0.4) is 0 Å². The zero-order valence-corrected chi connectivity index (χ0v) is 15.2. The number of carbonyl (C=O) groups is 2. The third-order valence-corrected chi connectivity index (χ3v) is 3.69. The average molecular weight is 329 g/mol. The van der Waals surface area contributed by atoms with Crippen LogP contribution in [-0.4, -0.2) is 31.3 Å². The van der Waals surface area contributed by atoms with E-state index in [4.69, 9.17) is 9.47 Å². The van der Waals surface area contributed by atoms with E-state index in [1.165, 1.54) is 19.3 Å². The lowest BCUT2D eigenvalue weighted by Crippen LogP contribution is -2.42. The van der Waals surface area contributed by atoms with Gasteiger partial charge in [-0.15, -0.1) is 0 Å². The Morgan fingerprint density at radius 2 is 1.43 bits per heavy atom. The van der Waals surface area contributed by atoms with Crippen molar-refractivity contribution in [1.82, 2.24) is 5.32 Å². The average Bonchev–Trinajstić information content (AvgIpc) is 2.53. The summed E-state index contributed by atoms with van der Waals surface area (Å²) < 4.78 is 10.2. The van der Waals surface area contributed by atoms with Crippen LogP contribution in [0.4, 0.5) is 4.79 Å². The van der Waals surface area contributed by atoms with Crippen LogP contribution >= 0.6 is 0 Å². The number of rotatable bonds is 14. The van der Waals surface area contributed by atoms with Crippen LogP contribution in [0, 0.1) is 0 Å². The van der Waals surface area contributed by atoms with Crippen molar-refractivity contribution in [2.45, 2.75) is 91.0 Å². The molecule has 0 saturated carbocycles. The van der Waals surface area contributed by atoms with Crippen molar-refractivity contribution in [1.29, 1.82) is 0 Å². The fourth-order valence-corrected chi connectivity index (χ4v) is 2.32. The molecule has 0 heterocycles. The molecule has 0 fully saturated rings. The number of ether oxygens (including phenoxy) is 2. The zero-order chi connectivity index (χ0) is 17.3. The summed E-state index contributed by atoms with van der Waals surface area (Å²) in [5.74, 6) is -0.343. The second-order valence-electron chi connectivity index (χ2n) is 5.85. The molecule has 0 rings (SSSR count). The molecule has 5 nitrogen and oxygen atoms in total. The molecule has 23 heavy (non-hydrogen) atoms. The zero-order valence-electron chi connectivity index (χ0n) is 15.2. The van der Waals surface area contributed by atoms with E-state index in [0.29, 0.717) is 19.6 Å². The van der Waals surface area contributed by atoms with Gasteiger partial charge in [-0.05, 0) is 19.8 Å². The van der Waals surface area contributed by atoms with Gasteiger partial charge in [-0.2, -0.15) is 0 Å².